The molecule has 0 saturated carbocycles. The highest BCUT2D eigenvalue weighted by Crippen LogP contribution is 2.44. The van der Waals surface area contributed by atoms with Crippen LogP contribution in [0.4, 0.5) is 9.59 Å². The van der Waals surface area contributed by atoms with E-state index in [1.807, 2.05) is 39.0 Å². The van der Waals surface area contributed by atoms with Gasteiger partial charge in [-0.25, -0.2) is 19.6 Å². The molecule has 5 N–H and O–H groups in total. The topological polar surface area (TPSA) is 213 Å². The van der Waals surface area contributed by atoms with Gasteiger partial charge < -0.3 is 54.5 Å². The first-order valence-electron chi connectivity index (χ1n) is 21.1. The van der Waals surface area contributed by atoms with Gasteiger partial charge in [-0.3, -0.25) is 9.59 Å². The van der Waals surface area contributed by atoms with Crippen LogP contribution in [0.1, 0.15) is 76.3 Å². The molecular formula is C45H54N8O9. The van der Waals surface area contributed by atoms with E-state index in [1.165, 1.54) is 14.2 Å². The summed E-state index contributed by atoms with van der Waals surface area (Å²) in [6, 6.07) is 11.8. The van der Waals surface area contributed by atoms with Crippen LogP contribution in [0.2, 0.25) is 0 Å². The second-order valence-corrected chi connectivity index (χ2v) is 17.0. The van der Waals surface area contributed by atoms with Gasteiger partial charge in [0.2, 0.25) is 11.8 Å². The zero-order chi connectivity index (χ0) is 44.0. The first kappa shape index (κ1) is 42.5. The minimum atomic E-state index is -1.24. The highest BCUT2D eigenvalue weighted by molar-refractivity contribution is 6.07. The van der Waals surface area contributed by atoms with E-state index < -0.39 is 30.4 Å². The van der Waals surface area contributed by atoms with Crippen LogP contribution in [0.3, 0.4) is 0 Å². The van der Waals surface area contributed by atoms with Crippen LogP contribution in [0.15, 0.2) is 48.7 Å². The normalized spacial score (nSPS) is 21.0. The maximum absolute atomic E-state index is 14.0. The smallest absolute Gasteiger partial charge is 0.407 e. The Kier molecular flexibility index (Phi) is 11.8. The van der Waals surface area contributed by atoms with Crippen LogP contribution in [-0.2, 0) is 30.4 Å². The molecule has 2 fully saturated rings. The van der Waals surface area contributed by atoms with Gasteiger partial charge in [0.15, 0.2) is 0 Å². The van der Waals surface area contributed by atoms with Crippen LogP contribution in [0.5, 0.6) is 5.75 Å². The Morgan fingerprint density at radius 1 is 0.935 bits per heavy atom. The number of H-pyrrole nitrogens is 2. The lowest BCUT2D eigenvalue weighted by Gasteiger charge is -2.33. The predicted molar refractivity (Wildman–Crippen MR) is 229 cm³/mol. The van der Waals surface area contributed by atoms with Crippen molar-refractivity contribution < 1.29 is 43.2 Å². The molecule has 2 aromatic heterocycles. The van der Waals surface area contributed by atoms with E-state index in [2.05, 4.69) is 44.9 Å². The average Bonchev–Trinajstić information content (AvgIpc) is 4.09. The molecular weight excluding hydrogens is 797 g/mol. The van der Waals surface area contributed by atoms with E-state index in [4.69, 9.17) is 28.9 Å². The minimum Gasteiger partial charge on any atom is -0.488 e. The van der Waals surface area contributed by atoms with Crippen molar-refractivity contribution in [2.75, 3.05) is 34.5 Å². The van der Waals surface area contributed by atoms with Crippen molar-refractivity contribution in [2.45, 2.75) is 89.9 Å². The Morgan fingerprint density at radius 3 is 2.47 bits per heavy atom. The maximum atomic E-state index is 14.0. The summed E-state index contributed by atoms with van der Waals surface area (Å²) in [5.41, 5.74) is 6.33. The van der Waals surface area contributed by atoms with E-state index in [0.29, 0.717) is 44.2 Å². The third-order valence-electron chi connectivity index (χ3n) is 12.7. The molecule has 62 heavy (non-hydrogen) atoms. The van der Waals surface area contributed by atoms with Gasteiger partial charge in [-0.15, -0.1) is 0 Å². The zero-order valence-electron chi connectivity index (χ0n) is 36.0. The Labute approximate surface area is 358 Å². The lowest BCUT2D eigenvalue weighted by Crippen LogP contribution is -2.55. The predicted octanol–water partition coefficient (Wildman–Crippen LogP) is 6.31. The highest BCUT2D eigenvalue weighted by Gasteiger charge is 2.43. The average molecular weight is 851 g/mol. The van der Waals surface area contributed by atoms with E-state index in [-0.39, 0.29) is 41.8 Å². The molecule has 2 saturated heterocycles. The number of nitrogens with one attached hydrogen (secondary N) is 4. The van der Waals surface area contributed by atoms with Crippen LogP contribution in [0, 0.1) is 11.8 Å². The first-order valence-corrected chi connectivity index (χ1v) is 21.1. The van der Waals surface area contributed by atoms with Crippen LogP contribution in [0.25, 0.3) is 44.2 Å². The SMILES string of the molecule is COC[C@H]1C[C@@H](c2ncc(-c3ccc4c(c3)COc3cc5c(ccc6[nH]c([C@@H]7CC[C@H](C)N7C(=O)[C@@H](NC(=O)OC)[C@@H](C)OC)nc65)cc3-4)[nH]2)N(C(=O)[C@@H](NC(=O)O)C(C)C)C1. The van der Waals surface area contributed by atoms with Gasteiger partial charge in [0, 0.05) is 43.7 Å². The number of alkyl carbamates (subject to hydrolysis) is 1. The zero-order valence-corrected chi connectivity index (χ0v) is 36.0. The van der Waals surface area contributed by atoms with Crippen molar-refractivity contribution in [2.24, 2.45) is 11.8 Å². The summed E-state index contributed by atoms with van der Waals surface area (Å²) in [5.74, 6) is 1.32. The molecule has 17 nitrogen and oxygen atoms in total. The number of benzene rings is 3. The molecule has 7 atom stereocenters. The second kappa shape index (κ2) is 17.3. The summed E-state index contributed by atoms with van der Waals surface area (Å²) < 4.78 is 22.1. The lowest BCUT2D eigenvalue weighted by atomic mass is 9.92. The number of hydrogen-bond acceptors (Lipinski definition) is 10. The number of carbonyl (C=O) groups is 4. The molecule has 0 spiro atoms. The number of methoxy groups -OCH3 is 3. The largest absolute Gasteiger partial charge is 0.488 e. The summed E-state index contributed by atoms with van der Waals surface area (Å²) in [5, 5.41) is 16.4. The fourth-order valence-electron chi connectivity index (χ4n) is 9.38. The number of rotatable bonds is 12. The van der Waals surface area contributed by atoms with Gasteiger partial charge in [-0.2, -0.15) is 0 Å². The third kappa shape index (κ3) is 7.90. The number of carboxylic acid groups (broad SMARTS) is 1. The van der Waals surface area contributed by atoms with Gasteiger partial charge in [0.1, 0.15) is 36.1 Å². The van der Waals surface area contributed by atoms with Crippen molar-refractivity contribution in [3.8, 4) is 28.1 Å². The van der Waals surface area contributed by atoms with Crippen molar-refractivity contribution in [1.82, 2.24) is 40.4 Å². The maximum Gasteiger partial charge on any atom is 0.407 e. The summed E-state index contributed by atoms with van der Waals surface area (Å²) in [7, 11) is 4.39. The molecule has 0 radical (unpaired) electrons. The molecule has 5 heterocycles. The van der Waals surface area contributed by atoms with Gasteiger partial charge in [0.25, 0.3) is 0 Å². The fraction of sp³-hybridized carbons (Fsp3) is 0.467. The number of ether oxygens (including phenoxy) is 4. The number of fused-ring (bicyclic) bond motifs is 6. The molecule has 17 heteroatoms. The van der Waals surface area contributed by atoms with Crippen LogP contribution < -0.4 is 15.4 Å². The second-order valence-electron chi connectivity index (χ2n) is 17.0. The van der Waals surface area contributed by atoms with Crippen molar-refractivity contribution in [1.29, 1.82) is 0 Å². The number of hydrogen-bond donors (Lipinski definition) is 5. The fourth-order valence-corrected chi connectivity index (χ4v) is 9.38. The van der Waals surface area contributed by atoms with Crippen LogP contribution in [-0.4, -0.2) is 118 Å². The highest BCUT2D eigenvalue weighted by atomic mass is 16.5. The Bertz CT molecular complexity index is 2520. The van der Waals surface area contributed by atoms with E-state index in [0.717, 1.165) is 61.9 Å². The molecule has 328 valence electrons. The van der Waals surface area contributed by atoms with Gasteiger partial charge in [0.05, 0.1) is 54.8 Å². The van der Waals surface area contributed by atoms with Gasteiger partial charge >= 0.3 is 12.2 Å². The van der Waals surface area contributed by atoms with E-state index in [9.17, 15) is 24.3 Å². The molecule has 5 aromatic rings. The van der Waals surface area contributed by atoms with Crippen molar-refractivity contribution >= 4 is 45.8 Å². The number of likely N-dealkylation sites (tertiary alicyclic amines) is 2. The molecule has 3 aromatic carbocycles. The summed E-state index contributed by atoms with van der Waals surface area (Å²) in [6.07, 6.45) is 1.33. The van der Waals surface area contributed by atoms with E-state index >= 15 is 0 Å². The van der Waals surface area contributed by atoms with Crippen molar-refractivity contribution in [3.63, 3.8) is 0 Å². The number of aromatic nitrogens is 4. The Hall–Kier alpha value is -6.20. The minimum absolute atomic E-state index is 0.0713. The monoisotopic (exact) mass is 850 g/mol. The molecule has 0 unspecified atom stereocenters. The third-order valence-corrected chi connectivity index (χ3v) is 12.7. The lowest BCUT2D eigenvalue weighted by molar-refractivity contribution is -0.139. The number of amides is 4. The Balaban J connectivity index is 1.05. The number of nitrogens with zero attached hydrogens (tertiary/aromatic N) is 4. The number of aromatic amines is 2. The molecule has 8 rings (SSSR count). The standard InChI is InChI=1S/C45H54N8O9/c1-22(2)37(50-44(56)57)42(54)52-19-25(20-59-5)14-35(52)40-46-18-33(48-40)27-9-11-29-28(15-27)21-62-36-17-30-26(16-31(29)36)10-12-32-39(30)49-41(47-32)34-13-8-23(3)53(34)43(55)38(24(4)60-6)51-45(58)61-7/h9-12,15-18,22-25,34-35,37-38,50H,8,13-14,19-21H2,1-7H3,(H,46,48)(H,47,49)(H,51,58)(H,56,57)/t23-,24+,25-,34-,35-,37-,38-/m0/s1. The molecule has 4 amide bonds. The quantitative estimate of drug-likeness (QED) is 0.0939. The number of carbonyl (C=O) groups excluding carboxylic acids is 3. The Morgan fingerprint density at radius 2 is 1.74 bits per heavy atom. The van der Waals surface area contributed by atoms with Gasteiger partial charge in [-0.05, 0) is 85.4 Å². The molecule has 0 bridgehead atoms. The summed E-state index contributed by atoms with van der Waals surface area (Å²) in [4.78, 5) is 71.9. The van der Waals surface area contributed by atoms with Crippen molar-refractivity contribution in [3.05, 3.63) is 65.9 Å². The molecule has 0 aliphatic carbocycles. The molecule has 3 aliphatic heterocycles. The first-order chi connectivity index (χ1) is 29.8. The van der Waals surface area contributed by atoms with Gasteiger partial charge in [-0.1, -0.05) is 32.0 Å². The summed E-state index contributed by atoms with van der Waals surface area (Å²) >= 11 is 0. The summed E-state index contributed by atoms with van der Waals surface area (Å²) in [6.45, 7) is 8.63. The van der Waals surface area contributed by atoms with Crippen LogP contribution >= 0.6 is 0 Å². The number of imidazole rings is 2. The van der Waals surface area contributed by atoms with E-state index in [1.54, 1.807) is 30.0 Å². The molecule has 3 aliphatic rings.